The van der Waals surface area contributed by atoms with Crippen LogP contribution in [-0.4, -0.2) is 56.9 Å². The van der Waals surface area contributed by atoms with Crippen molar-refractivity contribution >= 4 is 21.8 Å². The van der Waals surface area contributed by atoms with Crippen molar-refractivity contribution in [3.05, 3.63) is 65.5 Å². The zero-order valence-electron chi connectivity index (χ0n) is 18.6. The molecule has 2 amide bonds. The first-order chi connectivity index (χ1) is 15.7. The highest BCUT2D eigenvalue weighted by atomic mass is 32.2. The summed E-state index contributed by atoms with van der Waals surface area (Å²) < 4.78 is 45.9. The summed E-state index contributed by atoms with van der Waals surface area (Å²) in [7, 11) is -3.59. The number of hydrogen-bond acceptors (Lipinski definition) is 5. The molecule has 0 bridgehead atoms. The normalized spacial score (nSPS) is 15.8. The number of halogens is 1. The van der Waals surface area contributed by atoms with Gasteiger partial charge in [0.05, 0.1) is 23.7 Å². The van der Waals surface area contributed by atoms with E-state index in [0.29, 0.717) is 31.9 Å². The van der Waals surface area contributed by atoms with Gasteiger partial charge in [0, 0.05) is 19.6 Å². The molecule has 0 aliphatic carbocycles. The molecular formula is C23H28FN3O5S. The molecule has 8 nitrogen and oxygen atoms in total. The van der Waals surface area contributed by atoms with Crippen molar-refractivity contribution in [3.8, 4) is 0 Å². The highest BCUT2D eigenvalue weighted by molar-refractivity contribution is 7.89. The van der Waals surface area contributed by atoms with Crippen LogP contribution in [0.1, 0.15) is 29.8 Å². The molecule has 10 heteroatoms. The number of benzene rings is 2. The molecule has 1 fully saturated rings. The molecule has 1 heterocycles. The van der Waals surface area contributed by atoms with Crippen LogP contribution in [0.5, 0.6) is 0 Å². The van der Waals surface area contributed by atoms with Crippen LogP contribution in [-0.2, 0) is 26.1 Å². The quantitative estimate of drug-likeness (QED) is 0.605. The van der Waals surface area contributed by atoms with E-state index in [4.69, 9.17) is 4.74 Å². The van der Waals surface area contributed by atoms with Gasteiger partial charge in [-0.3, -0.25) is 9.59 Å². The molecule has 178 valence electrons. The van der Waals surface area contributed by atoms with Crippen molar-refractivity contribution < 1.29 is 27.1 Å². The van der Waals surface area contributed by atoms with Gasteiger partial charge < -0.3 is 15.4 Å². The number of nitrogens with zero attached hydrogens (tertiary/aromatic N) is 1. The van der Waals surface area contributed by atoms with Gasteiger partial charge in [-0.1, -0.05) is 38.1 Å². The number of nitrogens with one attached hydrogen (secondary N) is 2. The van der Waals surface area contributed by atoms with E-state index >= 15 is 0 Å². The number of amides is 2. The van der Waals surface area contributed by atoms with Crippen LogP contribution in [0.4, 0.5) is 4.39 Å². The van der Waals surface area contributed by atoms with Crippen LogP contribution in [0.15, 0.2) is 53.4 Å². The van der Waals surface area contributed by atoms with Gasteiger partial charge in [-0.05, 0) is 35.7 Å². The van der Waals surface area contributed by atoms with Gasteiger partial charge in [-0.2, -0.15) is 4.31 Å². The Morgan fingerprint density at radius 3 is 2.30 bits per heavy atom. The van der Waals surface area contributed by atoms with Crippen molar-refractivity contribution in [2.75, 3.05) is 26.3 Å². The summed E-state index contributed by atoms with van der Waals surface area (Å²) in [6.07, 6.45) is 0. The van der Waals surface area contributed by atoms with Crippen LogP contribution in [0.25, 0.3) is 0 Å². The van der Waals surface area contributed by atoms with Crippen molar-refractivity contribution in [2.24, 2.45) is 5.92 Å². The molecule has 1 saturated heterocycles. The van der Waals surface area contributed by atoms with Gasteiger partial charge in [0.2, 0.25) is 15.9 Å². The number of carbonyl (C=O) groups excluding carboxylic acids is 2. The molecule has 1 atom stereocenters. The first-order valence-corrected chi connectivity index (χ1v) is 12.1. The number of sulfonamides is 1. The Morgan fingerprint density at radius 1 is 1.06 bits per heavy atom. The Hall–Kier alpha value is -2.82. The Labute approximate surface area is 193 Å². The monoisotopic (exact) mass is 477 g/mol. The molecule has 1 aliphatic heterocycles. The van der Waals surface area contributed by atoms with Gasteiger partial charge >= 0.3 is 0 Å². The number of morpholine rings is 1. The second-order valence-corrected chi connectivity index (χ2v) is 9.99. The van der Waals surface area contributed by atoms with E-state index in [9.17, 15) is 22.4 Å². The van der Waals surface area contributed by atoms with E-state index in [-0.39, 0.29) is 22.9 Å². The topological polar surface area (TPSA) is 105 Å². The number of hydrogen-bond donors (Lipinski definition) is 2. The highest BCUT2D eigenvalue weighted by Crippen LogP contribution is 2.18. The standard InChI is InChI=1S/C23H28FN3O5S/c1-16(2)21(26-22(28)19-5-3-4-6-20(19)24)23(29)25-15-17-7-9-18(10-8-17)33(30,31)27-11-13-32-14-12-27/h3-10,16,21H,11-15H2,1-2H3,(H,25,29)(H,26,28)/t21-/m1/s1. The van der Waals surface area contributed by atoms with Crippen LogP contribution >= 0.6 is 0 Å². The summed E-state index contributed by atoms with van der Waals surface area (Å²) in [6.45, 7) is 5.07. The predicted molar refractivity (Wildman–Crippen MR) is 120 cm³/mol. The first-order valence-electron chi connectivity index (χ1n) is 10.7. The highest BCUT2D eigenvalue weighted by Gasteiger charge is 2.27. The smallest absolute Gasteiger partial charge is 0.254 e. The van der Waals surface area contributed by atoms with E-state index in [2.05, 4.69) is 10.6 Å². The molecule has 0 aromatic heterocycles. The lowest BCUT2D eigenvalue weighted by Gasteiger charge is -2.26. The van der Waals surface area contributed by atoms with Gasteiger partial charge in [-0.15, -0.1) is 0 Å². The second kappa shape index (κ2) is 10.9. The fraction of sp³-hybridized carbons (Fsp3) is 0.391. The molecule has 1 aliphatic rings. The SMILES string of the molecule is CC(C)[C@@H](NC(=O)c1ccccc1F)C(=O)NCc1ccc(S(=O)(=O)N2CCOCC2)cc1. The van der Waals surface area contributed by atoms with Crippen molar-refractivity contribution in [1.82, 2.24) is 14.9 Å². The maximum absolute atomic E-state index is 13.9. The summed E-state index contributed by atoms with van der Waals surface area (Å²) in [4.78, 5) is 25.3. The zero-order valence-corrected chi connectivity index (χ0v) is 19.4. The Bertz CT molecular complexity index is 1080. The van der Waals surface area contributed by atoms with E-state index in [1.54, 1.807) is 32.0 Å². The van der Waals surface area contributed by atoms with Gasteiger partial charge in [0.15, 0.2) is 0 Å². The van der Waals surface area contributed by atoms with Crippen LogP contribution in [0.3, 0.4) is 0 Å². The largest absolute Gasteiger partial charge is 0.379 e. The van der Waals surface area contributed by atoms with Crippen LogP contribution < -0.4 is 10.6 Å². The minimum atomic E-state index is -3.59. The number of carbonyl (C=O) groups is 2. The van der Waals surface area contributed by atoms with Crippen molar-refractivity contribution in [1.29, 1.82) is 0 Å². The summed E-state index contributed by atoms with van der Waals surface area (Å²) in [5, 5.41) is 5.34. The van der Waals surface area contributed by atoms with Gasteiger partial charge in [-0.25, -0.2) is 12.8 Å². The molecular weight excluding hydrogens is 449 g/mol. The Morgan fingerprint density at radius 2 is 1.70 bits per heavy atom. The van der Waals surface area contributed by atoms with E-state index in [1.165, 1.54) is 34.6 Å². The average molecular weight is 478 g/mol. The maximum Gasteiger partial charge on any atom is 0.254 e. The van der Waals surface area contributed by atoms with E-state index in [0.717, 1.165) is 0 Å². The second-order valence-electron chi connectivity index (χ2n) is 8.05. The van der Waals surface area contributed by atoms with E-state index in [1.807, 2.05) is 0 Å². The molecule has 33 heavy (non-hydrogen) atoms. The molecule has 2 N–H and O–H groups in total. The van der Waals surface area contributed by atoms with Crippen molar-refractivity contribution in [3.63, 3.8) is 0 Å². The molecule has 0 unspecified atom stereocenters. The van der Waals surface area contributed by atoms with E-state index < -0.39 is 33.7 Å². The minimum Gasteiger partial charge on any atom is -0.379 e. The zero-order chi connectivity index (χ0) is 24.0. The third-order valence-electron chi connectivity index (χ3n) is 5.35. The summed E-state index contributed by atoms with van der Waals surface area (Å²) >= 11 is 0. The minimum absolute atomic E-state index is 0.131. The lowest BCUT2D eigenvalue weighted by molar-refractivity contribution is -0.124. The fourth-order valence-corrected chi connectivity index (χ4v) is 4.82. The molecule has 0 radical (unpaired) electrons. The summed E-state index contributed by atoms with van der Waals surface area (Å²) in [5.74, 6) is -1.98. The lowest BCUT2D eigenvalue weighted by Crippen LogP contribution is -2.49. The molecule has 2 aromatic rings. The van der Waals surface area contributed by atoms with Gasteiger partial charge in [0.25, 0.3) is 5.91 Å². The molecule has 0 spiro atoms. The summed E-state index contributed by atoms with van der Waals surface area (Å²) in [6, 6.07) is 11.0. The molecule has 2 aromatic carbocycles. The summed E-state index contributed by atoms with van der Waals surface area (Å²) in [5.41, 5.74) is 0.570. The molecule has 0 saturated carbocycles. The number of rotatable bonds is 8. The first kappa shape index (κ1) is 24.8. The third kappa shape index (κ3) is 6.16. The van der Waals surface area contributed by atoms with Crippen LogP contribution in [0, 0.1) is 11.7 Å². The lowest BCUT2D eigenvalue weighted by atomic mass is 10.0. The number of ether oxygens (including phenoxy) is 1. The third-order valence-corrected chi connectivity index (χ3v) is 7.27. The fourth-order valence-electron chi connectivity index (χ4n) is 3.41. The maximum atomic E-state index is 13.9. The predicted octanol–water partition coefficient (Wildman–Crippen LogP) is 1.92. The Kier molecular flexibility index (Phi) is 8.17. The van der Waals surface area contributed by atoms with Crippen LogP contribution in [0.2, 0.25) is 0 Å². The van der Waals surface area contributed by atoms with Gasteiger partial charge in [0.1, 0.15) is 11.9 Å². The average Bonchev–Trinajstić information content (AvgIpc) is 2.81. The van der Waals surface area contributed by atoms with Crippen molar-refractivity contribution in [2.45, 2.75) is 31.3 Å². The Balaban J connectivity index is 1.61. The molecule has 3 rings (SSSR count).